The molecule has 0 saturated carbocycles. The zero-order valence-corrected chi connectivity index (χ0v) is 22.5. The smallest absolute Gasteiger partial charge is 0.139 e. The Morgan fingerprint density at radius 1 is 0.450 bits per heavy atom. The number of thiophene rings is 1. The first-order valence-corrected chi connectivity index (χ1v) is 14.3. The van der Waals surface area contributed by atoms with E-state index in [0.717, 1.165) is 22.0 Å². The van der Waals surface area contributed by atoms with Crippen LogP contribution < -0.4 is 4.90 Å². The van der Waals surface area contributed by atoms with Crippen LogP contribution in [0.3, 0.4) is 0 Å². The van der Waals surface area contributed by atoms with Gasteiger partial charge in [0.25, 0.3) is 0 Å². The summed E-state index contributed by atoms with van der Waals surface area (Å²) in [5, 5.41) is 7.53. The SMILES string of the molecule is c1ccc(N(c2ccc(-c3ccc4ccccc4c3)cc2)c2ccc3c(n2)sc2c4ccccc4ccc32)cc1. The molecule has 0 fully saturated rings. The van der Waals surface area contributed by atoms with Crippen molar-refractivity contribution in [1.29, 1.82) is 0 Å². The van der Waals surface area contributed by atoms with Crippen LogP contribution in [-0.4, -0.2) is 4.98 Å². The monoisotopic (exact) mass is 528 g/mol. The molecule has 0 amide bonds. The molecule has 0 unspecified atom stereocenters. The van der Waals surface area contributed by atoms with Crippen molar-refractivity contribution < 1.29 is 0 Å². The van der Waals surface area contributed by atoms with Gasteiger partial charge < -0.3 is 0 Å². The third-order valence-electron chi connectivity index (χ3n) is 7.67. The number of fused-ring (bicyclic) bond motifs is 6. The van der Waals surface area contributed by atoms with Crippen molar-refractivity contribution in [2.24, 2.45) is 0 Å². The van der Waals surface area contributed by atoms with Gasteiger partial charge in [0.05, 0.1) is 0 Å². The van der Waals surface area contributed by atoms with Gasteiger partial charge in [-0.05, 0) is 75.1 Å². The van der Waals surface area contributed by atoms with Crippen molar-refractivity contribution in [3.63, 3.8) is 0 Å². The summed E-state index contributed by atoms with van der Waals surface area (Å²) >= 11 is 1.78. The van der Waals surface area contributed by atoms with Crippen molar-refractivity contribution in [2.75, 3.05) is 4.90 Å². The quantitative estimate of drug-likeness (QED) is 0.226. The van der Waals surface area contributed by atoms with Crippen molar-refractivity contribution in [2.45, 2.75) is 0 Å². The molecule has 0 radical (unpaired) electrons. The van der Waals surface area contributed by atoms with Crippen LogP contribution in [-0.2, 0) is 0 Å². The zero-order chi connectivity index (χ0) is 26.5. The molecule has 8 rings (SSSR count). The Morgan fingerprint density at radius 2 is 1.10 bits per heavy atom. The van der Waals surface area contributed by atoms with E-state index in [0.29, 0.717) is 0 Å². The van der Waals surface area contributed by atoms with Gasteiger partial charge in [0, 0.05) is 26.8 Å². The molecule has 0 saturated heterocycles. The summed E-state index contributed by atoms with van der Waals surface area (Å²) in [4.78, 5) is 8.53. The number of benzene rings is 6. The number of hydrogen-bond acceptors (Lipinski definition) is 3. The van der Waals surface area contributed by atoms with Gasteiger partial charge in [0.1, 0.15) is 10.6 Å². The largest absolute Gasteiger partial charge is 0.295 e. The highest BCUT2D eigenvalue weighted by Gasteiger charge is 2.17. The van der Waals surface area contributed by atoms with Crippen molar-refractivity contribution in [3.8, 4) is 11.1 Å². The van der Waals surface area contributed by atoms with Gasteiger partial charge in [0.15, 0.2) is 0 Å². The Hall–Kier alpha value is -4.99. The summed E-state index contributed by atoms with van der Waals surface area (Å²) in [6.07, 6.45) is 0. The second kappa shape index (κ2) is 9.33. The second-order valence-corrected chi connectivity index (χ2v) is 11.1. The van der Waals surface area contributed by atoms with Crippen LogP contribution in [0, 0.1) is 0 Å². The van der Waals surface area contributed by atoms with Gasteiger partial charge in [-0.25, -0.2) is 4.98 Å². The second-order valence-electron chi connectivity index (χ2n) is 10.1. The van der Waals surface area contributed by atoms with Crippen LogP contribution in [0.4, 0.5) is 17.2 Å². The van der Waals surface area contributed by atoms with Gasteiger partial charge in [-0.3, -0.25) is 4.90 Å². The van der Waals surface area contributed by atoms with Crippen molar-refractivity contribution in [3.05, 3.63) is 146 Å². The lowest BCUT2D eigenvalue weighted by Crippen LogP contribution is -2.11. The Labute approximate surface area is 236 Å². The summed E-state index contributed by atoms with van der Waals surface area (Å²) in [6.45, 7) is 0. The van der Waals surface area contributed by atoms with E-state index in [-0.39, 0.29) is 0 Å². The number of rotatable bonds is 4. The molecule has 0 aliphatic carbocycles. The molecule has 0 bridgehead atoms. The van der Waals surface area contributed by atoms with Gasteiger partial charge in [-0.15, -0.1) is 11.3 Å². The molecule has 2 heterocycles. The molecule has 2 nitrogen and oxygen atoms in total. The number of aromatic nitrogens is 1. The average molecular weight is 529 g/mol. The highest BCUT2D eigenvalue weighted by Crippen LogP contribution is 2.41. The lowest BCUT2D eigenvalue weighted by Gasteiger charge is -2.24. The van der Waals surface area contributed by atoms with Gasteiger partial charge in [-0.1, -0.05) is 103 Å². The molecule has 8 aromatic rings. The maximum Gasteiger partial charge on any atom is 0.139 e. The van der Waals surface area contributed by atoms with E-state index >= 15 is 0 Å². The fourth-order valence-corrected chi connectivity index (χ4v) is 6.87. The van der Waals surface area contributed by atoms with Gasteiger partial charge in [-0.2, -0.15) is 0 Å². The lowest BCUT2D eigenvalue weighted by molar-refractivity contribution is 1.21. The van der Waals surface area contributed by atoms with Crippen molar-refractivity contribution in [1.82, 2.24) is 4.98 Å². The average Bonchev–Trinajstić information content (AvgIpc) is 3.40. The van der Waals surface area contributed by atoms with E-state index in [1.165, 1.54) is 48.1 Å². The molecule has 6 aromatic carbocycles. The van der Waals surface area contributed by atoms with Gasteiger partial charge in [0.2, 0.25) is 0 Å². The molecule has 0 atom stereocenters. The van der Waals surface area contributed by atoms with E-state index in [1.54, 1.807) is 11.3 Å². The van der Waals surface area contributed by atoms with Crippen LogP contribution in [0.5, 0.6) is 0 Å². The molecule has 0 N–H and O–H groups in total. The summed E-state index contributed by atoms with van der Waals surface area (Å²) in [5.41, 5.74) is 4.57. The van der Waals surface area contributed by atoms with Crippen LogP contribution >= 0.6 is 11.3 Å². The maximum atomic E-state index is 5.23. The fraction of sp³-hybridized carbons (Fsp3) is 0. The van der Waals surface area contributed by atoms with E-state index in [4.69, 9.17) is 4.98 Å². The minimum absolute atomic E-state index is 0.910. The number of hydrogen-bond donors (Lipinski definition) is 0. The topological polar surface area (TPSA) is 16.1 Å². The summed E-state index contributed by atoms with van der Waals surface area (Å²) in [6, 6.07) is 51.9. The van der Waals surface area contributed by atoms with E-state index in [1.807, 2.05) is 0 Å². The summed E-state index contributed by atoms with van der Waals surface area (Å²) in [7, 11) is 0. The first-order chi connectivity index (χ1) is 19.8. The third kappa shape index (κ3) is 3.83. The maximum absolute atomic E-state index is 5.23. The molecule has 2 aromatic heterocycles. The molecule has 188 valence electrons. The fourth-order valence-electron chi connectivity index (χ4n) is 5.66. The summed E-state index contributed by atoms with van der Waals surface area (Å²) < 4.78 is 1.30. The molecule has 0 aliphatic heterocycles. The molecule has 3 heteroatoms. The molecule has 0 aliphatic rings. The molecule has 0 spiro atoms. The standard InChI is InChI=1S/C37H24N2S/c1-2-11-30(12-3-1)39(31-19-16-26(17-20-31)29-15-14-25-8-4-5-10-28(25)24-29)35-23-22-34-33-21-18-27-9-6-7-13-32(27)36(33)40-37(34)38-35/h1-24H. The predicted octanol–water partition coefficient (Wildman–Crippen LogP) is 10.9. The summed E-state index contributed by atoms with van der Waals surface area (Å²) in [5.74, 6) is 0.910. The van der Waals surface area contributed by atoms with Gasteiger partial charge >= 0.3 is 0 Å². The predicted molar refractivity (Wildman–Crippen MR) is 172 cm³/mol. The van der Waals surface area contributed by atoms with E-state index in [9.17, 15) is 0 Å². The third-order valence-corrected chi connectivity index (χ3v) is 8.81. The van der Waals surface area contributed by atoms with Crippen LogP contribution in [0.25, 0.3) is 53.0 Å². The lowest BCUT2D eigenvalue weighted by atomic mass is 10.0. The zero-order valence-electron chi connectivity index (χ0n) is 21.7. The molecular weight excluding hydrogens is 504 g/mol. The molecule has 40 heavy (non-hydrogen) atoms. The Morgan fingerprint density at radius 3 is 1.95 bits per heavy atom. The normalized spacial score (nSPS) is 11.5. The highest BCUT2D eigenvalue weighted by atomic mass is 32.1. The number of pyridine rings is 1. The first-order valence-electron chi connectivity index (χ1n) is 13.5. The molecular formula is C37H24N2S. The number of anilines is 3. The van der Waals surface area contributed by atoms with Crippen LogP contribution in [0.15, 0.2) is 146 Å². The van der Waals surface area contributed by atoms with Crippen LogP contribution in [0.1, 0.15) is 0 Å². The first kappa shape index (κ1) is 22.9. The van der Waals surface area contributed by atoms with E-state index in [2.05, 4.69) is 150 Å². The van der Waals surface area contributed by atoms with Crippen LogP contribution in [0.2, 0.25) is 0 Å². The van der Waals surface area contributed by atoms with E-state index < -0.39 is 0 Å². The minimum atomic E-state index is 0.910. The number of para-hydroxylation sites is 1. The minimum Gasteiger partial charge on any atom is -0.295 e. The highest BCUT2D eigenvalue weighted by molar-refractivity contribution is 7.26. The number of nitrogens with zero attached hydrogens (tertiary/aromatic N) is 2. The Bertz CT molecular complexity index is 2160. The Balaban J connectivity index is 1.24. The Kier molecular flexibility index (Phi) is 5.35. The van der Waals surface area contributed by atoms with Crippen molar-refractivity contribution >= 4 is 70.4 Å².